The van der Waals surface area contributed by atoms with Gasteiger partial charge in [0.15, 0.2) is 0 Å². The van der Waals surface area contributed by atoms with E-state index in [1.165, 1.54) is 0 Å². The highest BCUT2D eigenvalue weighted by molar-refractivity contribution is 6.32. The summed E-state index contributed by atoms with van der Waals surface area (Å²) in [4.78, 5) is 23.1. The van der Waals surface area contributed by atoms with E-state index in [9.17, 15) is 9.59 Å². The molecule has 6 heteroatoms. The number of amides is 3. The predicted octanol–water partition coefficient (Wildman–Crippen LogP) is 2.18. The minimum atomic E-state index is -1.10. The van der Waals surface area contributed by atoms with Crippen LogP contribution in [-0.2, 0) is 10.3 Å². The summed E-state index contributed by atoms with van der Waals surface area (Å²) in [5.74, 6) is 0.153. The highest BCUT2D eigenvalue weighted by Crippen LogP contribution is 2.32. The summed E-state index contributed by atoms with van der Waals surface area (Å²) in [6, 6.07) is 4.53. The lowest BCUT2D eigenvalue weighted by Crippen LogP contribution is -2.40. The van der Waals surface area contributed by atoms with Gasteiger partial charge in [0.1, 0.15) is 11.3 Å². The van der Waals surface area contributed by atoms with E-state index in [-0.39, 0.29) is 6.10 Å². The Hall–Kier alpha value is -1.75. The number of carbonyl (C=O) groups excluding carboxylic acids is 2. The van der Waals surface area contributed by atoms with Crippen LogP contribution in [0.2, 0.25) is 5.02 Å². The molecule has 1 aliphatic rings. The molecular formula is C13H15ClN2O3. The van der Waals surface area contributed by atoms with E-state index in [0.717, 1.165) is 0 Å². The Morgan fingerprint density at radius 3 is 2.47 bits per heavy atom. The van der Waals surface area contributed by atoms with Crippen molar-refractivity contribution < 1.29 is 14.3 Å². The van der Waals surface area contributed by atoms with Gasteiger partial charge in [0.05, 0.1) is 11.1 Å². The van der Waals surface area contributed by atoms with Gasteiger partial charge in [0, 0.05) is 0 Å². The maximum atomic E-state index is 11.8. The zero-order valence-electron chi connectivity index (χ0n) is 10.9. The first-order valence-electron chi connectivity index (χ1n) is 5.93. The zero-order chi connectivity index (χ0) is 14.2. The summed E-state index contributed by atoms with van der Waals surface area (Å²) in [7, 11) is 0. The average Bonchev–Trinajstić information content (AvgIpc) is 2.56. The first kappa shape index (κ1) is 13.7. The fraction of sp³-hybridized carbons (Fsp3) is 0.385. The molecule has 1 fully saturated rings. The van der Waals surface area contributed by atoms with Gasteiger partial charge < -0.3 is 10.1 Å². The Morgan fingerprint density at radius 2 is 2.00 bits per heavy atom. The van der Waals surface area contributed by atoms with Gasteiger partial charge in [-0.15, -0.1) is 0 Å². The summed E-state index contributed by atoms with van der Waals surface area (Å²) in [6.07, 6.45) is 0.00780. The van der Waals surface area contributed by atoms with Crippen LogP contribution in [0.4, 0.5) is 4.79 Å². The highest BCUT2D eigenvalue weighted by Gasteiger charge is 2.43. The normalized spacial score (nSPS) is 22.4. The third-order valence-electron chi connectivity index (χ3n) is 2.92. The Labute approximate surface area is 116 Å². The monoisotopic (exact) mass is 282 g/mol. The van der Waals surface area contributed by atoms with Gasteiger partial charge in [-0.2, -0.15) is 0 Å². The molecule has 0 bridgehead atoms. The topological polar surface area (TPSA) is 67.4 Å². The average molecular weight is 283 g/mol. The summed E-state index contributed by atoms with van der Waals surface area (Å²) in [6.45, 7) is 5.42. The van der Waals surface area contributed by atoms with Crippen molar-refractivity contribution in [2.24, 2.45) is 0 Å². The van der Waals surface area contributed by atoms with Gasteiger partial charge in [-0.3, -0.25) is 10.1 Å². The van der Waals surface area contributed by atoms with E-state index in [0.29, 0.717) is 16.3 Å². The van der Waals surface area contributed by atoms with Crippen molar-refractivity contribution in [1.29, 1.82) is 0 Å². The Bertz CT molecular complexity index is 545. The van der Waals surface area contributed by atoms with E-state index in [1.807, 2.05) is 13.8 Å². The van der Waals surface area contributed by atoms with Crippen molar-refractivity contribution in [2.45, 2.75) is 32.4 Å². The van der Waals surface area contributed by atoms with Gasteiger partial charge in [0.25, 0.3) is 5.91 Å². The standard InChI is InChI=1S/C13H15ClN2O3/c1-7(2)19-10-5-4-8(6-9(10)14)13(3)11(17)15-12(18)16-13/h4-7H,1-3H3,(H2,15,16,17,18)/t13-/m0/s1. The number of urea groups is 1. The molecule has 3 amide bonds. The second-order valence-electron chi connectivity index (χ2n) is 4.85. The molecule has 2 rings (SSSR count). The number of hydrogen-bond donors (Lipinski definition) is 2. The number of imide groups is 1. The molecule has 1 aromatic carbocycles. The van der Waals surface area contributed by atoms with Crippen LogP contribution in [0, 0.1) is 0 Å². The van der Waals surface area contributed by atoms with Gasteiger partial charge in [-0.1, -0.05) is 17.7 Å². The van der Waals surface area contributed by atoms with Crippen molar-refractivity contribution in [3.63, 3.8) is 0 Å². The summed E-state index contributed by atoms with van der Waals surface area (Å²) < 4.78 is 5.52. The number of carbonyl (C=O) groups is 2. The molecule has 0 unspecified atom stereocenters. The van der Waals surface area contributed by atoms with Crippen LogP contribution in [0.15, 0.2) is 18.2 Å². The molecule has 0 spiro atoms. The number of rotatable bonds is 3. The molecule has 0 aromatic heterocycles. The SMILES string of the molecule is CC(C)Oc1ccc([C@]2(C)NC(=O)NC2=O)cc1Cl. The van der Waals surface area contributed by atoms with E-state index in [4.69, 9.17) is 16.3 Å². The van der Waals surface area contributed by atoms with Gasteiger partial charge in [-0.25, -0.2) is 4.79 Å². The molecule has 1 saturated heterocycles. The second kappa shape index (κ2) is 4.74. The van der Waals surface area contributed by atoms with Crippen molar-refractivity contribution in [1.82, 2.24) is 10.6 Å². The molecule has 102 valence electrons. The molecule has 0 radical (unpaired) electrons. The molecule has 19 heavy (non-hydrogen) atoms. The van der Waals surface area contributed by atoms with Gasteiger partial charge >= 0.3 is 6.03 Å². The fourth-order valence-corrected chi connectivity index (χ4v) is 2.13. The van der Waals surface area contributed by atoms with Crippen molar-refractivity contribution in [2.75, 3.05) is 0 Å². The highest BCUT2D eigenvalue weighted by atomic mass is 35.5. The van der Waals surface area contributed by atoms with Gasteiger partial charge in [0.2, 0.25) is 0 Å². The smallest absolute Gasteiger partial charge is 0.322 e. The van der Waals surface area contributed by atoms with Crippen LogP contribution in [0.3, 0.4) is 0 Å². The number of nitrogens with one attached hydrogen (secondary N) is 2. The molecule has 1 aromatic rings. The number of hydrogen-bond acceptors (Lipinski definition) is 3. The molecule has 2 N–H and O–H groups in total. The molecule has 1 atom stereocenters. The van der Waals surface area contributed by atoms with Crippen LogP contribution in [0.5, 0.6) is 5.75 Å². The lowest BCUT2D eigenvalue weighted by atomic mass is 9.92. The lowest BCUT2D eigenvalue weighted by Gasteiger charge is -2.22. The minimum Gasteiger partial charge on any atom is -0.489 e. The quantitative estimate of drug-likeness (QED) is 0.835. The van der Waals surface area contributed by atoms with Crippen LogP contribution >= 0.6 is 11.6 Å². The second-order valence-corrected chi connectivity index (χ2v) is 5.25. The van der Waals surface area contributed by atoms with Crippen LogP contribution in [0.1, 0.15) is 26.3 Å². The number of benzene rings is 1. The first-order chi connectivity index (χ1) is 8.83. The Balaban J connectivity index is 2.34. The molecular weight excluding hydrogens is 268 g/mol. The van der Waals surface area contributed by atoms with E-state index >= 15 is 0 Å². The van der Waals surface area contributed by atoms with Gasteiger partial charge in [-0.05, 0) is 38.5 Å². The third kappa shape index (κ3) is 2.51. The predicted molar refractivity (Wildman–Crippen MR) is 71.2 cm³/mol. The largest absolute Gasteiger partial charge is 0.489 e. The van der Waals surface area contributed by atoms with E-state index < -0.39 is 17.5 Å². The molecule has 0 saturated carbocycles. The lowest BCUT2D eigenvalue weighted by molar-refractivity contribution is -0.123. The van der Waals surface area contributed by atoms with Crippen molar-refractivity contribution >= 4 is 23.5 Å². The fourth-order valence-electron chi connectivity index (χ4n) is 1.91. The van der Waals surface area contributed by atoms with Crippen LogP contribution in [0.25, 0.3) is 0 Å². The maximum absolute atomic E-state index is 11.8. The number of ether oxygens (including phenoxy) is 1. The first-order valence-corrected chi connectivity index (χ1v) is 6.31. The molecule has 5 nitrogen and oxygen atoms in total. The summed E-state index contributed by atoms with van der Waals surface area (Å²) in [5, 5.41) is 5.20. The van der Waals surface area contributed by atoms with E-state index in [1.54, 1.807) is 25.1 Å². The number of halogens is 1. The molecule has 1 heterocycles. The molecule has 0 aliphatic carbocycles. The van der Waals surface area contributed by atoms with Crippen LogP contribution < -0.4 is 15.4 Å². The summed E-state index contributed by atoms with van der Waals surface area (Å²) >= 11 is 6.13. The molecule has 1 aliphatic heterocycles. The van der Waals surface area contributed by atoms with Crippen molar-refractivity contribution in [3.8, 4) is 5.75 Å². The van der Waals surface area contributed by atoms with E-state index in [2.05, 4.69) is 10.6 Å². The third-order valence-corrected chi connectivity index (χ3v) is 3.21. The Morgan fingerprint density at radius 1 is 1.32 bits per heavy atom. The maximum Gasteiger partial charge on any atom is 0.322 e. The Kier molecular flexibility index (Phi) is 3.41. The minimum absolute atomic E-state index is 0.00780. The zero-order valence-corrected chi connectivity index (χ0v) is 11.7. The summed E-state index contributed by atoms with van der Waals surface area (Å²) in [5.41, 5.74) is -0.492. The van der Waals surface area contributed by atoms with Crippen molar-refractivity contribution in [3.05, 3.63) is 28.8 Å². The van der Waals surface area contributed by atoms with Crippen LogP contribution in [-0.4, -0.2) is 18.0 Å².